The number of halogens is 1. The Bertz CT molecular complexity index is 646. The van der Waals surface area contributed by atoms with Gasteiger partial charge >= 0.3 is 0 Å². The van der Waals surface area contributed by atoms with Crippen molar-refractivity contribution in [3.63, 3.8) is 0 Å². The van der Waals surface area contributed by atoms with E-state index in [1.165, 1.54) is 18.2 Å². The quantitative estimate of drug-likeness (QED) is 0.290. The monoisotopic (exact) mass is 418 g/mol. The Morgan fingerprint density at radius 2 is 1.89 bits per heavy atom. The van der Waals surface area contributed by atoms with Crippen molar-refractivity contribution in [3.8, 4) is 0 Å². The summed E-state index contributed by atoms with van der Waals surface area (Å²) in [5.41, 5.74) is 0.402. The lowest BCUT2D eigenvalue weighted by atomic mass is 9.99. The molecule has 0 radical (unpaired) electrons. The minimum absolute atomic E-state index is 0.268. The molecule has 9 heteroatoms. The first-order valence-electron chi connectivity index (χ1n) is 8.83. The first kappa shape index (κ1) is 23.1. The molecule has 0 saturated carbocycles. The van der Waals surface area contributed by atoms with Gasteiger partial charge in [-0.2, -0.15) is 0 Å². The molecule has 8 unspecified atom stereocenters. The topological polar surface area (TPSA) is 129 Å². The summed E-state index contributed by atoms with van der Waals surface area (Å²) in [6, 6.07) is 0. The summed E-state index contributed by atoms with van der Waals surface area (Å²) in [4.78, 5) is 0. The molecule has 1 aliphatic carbocycles. The second-order valence-corrected chi connectivity index (χ2v) is 7.19. The number of aliphatic hydroxyl groups excluding tert-OH is 5. The Kier molecular flexibility index (Phi) is 8.23. The van der Waals surface area contributed by atoms with Gasteiger partial charge in [0.25, 0.3) is 0 Å². The van der Waals surface area contributed by atoms with Crippen LogP contribution in [0.1, 0.15) is 13.8 Å². The van der Waals surface area contributed by atoms with Crippen LogP contribution in [-0.2, 0) is 14.2 Å². The van der Waals surface area contributed by atoms with E-state index in [0.29, 0.717) is 5.76 Å². The summed E-state index contributed by atoms with van der Waals surface area (Å²) >= 11 is 5.85. The van der Waals surface area contributed by atoms with Crippen molar-refractivity contribution in [1.29, 1.82) is 0 Å². The summed E-state index contributed by atoms with van der Waals surface area (Å²) < 4.78 is 16.4. The van der Waals surface area contributed by atoms with Gasteiger partial charge in [0.05, 0.1) is 12.7 Å². The fourth-order valence-electron chi connectivity index (χ4n) is 2.69. The Hall–Kier alpha value is -1.23. The molecular formula is C19H27ClO8. The van der Waals surface area contributed by atoms with E-state index in [9.17, 15) is 25.5 Å². The minimum Gasteiger partial charge on any atom is -0.462 e. The van der Waals surface area contributed by atoms with Gasteiger partial charge < -0.3 is 39.7 Å². The molecule has 0 bridgehead atoms. The summed E-state index contributed by atoms with van der Waals surface area (Å²) in [5.74, 6) is 0.304. The van der Waals surface area contributed by atoms with Gasteiger partial charge in [0.2, 0.25) is 6.29 Å². The zero-order chi connectivity index (χ0) is 21.0. The normalized spacial score (nSPS) is 35.8. The van der Waals surface area contributed by atoms with E-state index in [0.717, 1.165) is 11.1 Å². The molecule has 0 aromatic carbocycles. The second-order valence-electron chi connectivity index (χ2n) is 6.76. The summed E-state index contributed by atoms with van der Waals surface area (Å²) in [7, 11) is 0. The number of alkyl halides is 1. The van der Waals surface area contributed by atoms with Gasteiger partial charge in [-0.05, 0) is 43.2 Å². The van der Waals surface area contributed by atoms with Crippen molar-refractivity contribution in [2.45, 2.75) is 62.3 Å². The Balaban J connectivity index is 2.08. The van der Waals surface area contributed by atoms with E-state index in [4.69, 9.17) is 25.8 Å². The van der Waals surface area contributed by atoms with Gasteiger partial charge in [-0.25, -0.2) is 0 Å². The van der Waals surface area contributed by atoms with Crippen LogP contribution in [0.2, 0.25) is 0 Å². The lowest BCUT2D eigenvalue weighted by Gasteiger charge is -2.40. The largest absolute Gasteiger partial charge is 0.462 e. The van der Waals surface area contributed by atoms with Crippen LogP contribution >= 0.6 is 11.6 Å². The molecule has 1 saturated heterocycles. The van der Waals surface area contributed by atoms with Crippen LogP contribution in [0.5, 0.6) is 0 Å². The highest BCUT2D eigenvalue weighted by atomic mass is 35.5. The zero-order valence-electron chi connectivity index (χ0n) is 15.7. The van der Waals surface area contributed by atoms with Crippen molar-refractivity contribution in [2.24, 2.45) is 0 Å². The molecule has 1 aliphatic heterocycles. The molecule has 2 aliphatic rings. The molecule has 158 valence electrons. The van der Waals surface area contributed by atoms with Crippen LogP contribution in [-0.4, -0.2) is 80.6 Å². The summed E-state index contributed by atoms with van der Waals surface area (Å²) in [6.07, 6.45) is -2.89. The minimum atomic E-state index is -1.55. The van der Waals surface area contributed by atoms with Gasteiger partial charge in [0.1, 0.15) is 36.3 Å². The van der Waals surface area contributed by atoms with Crippen molar-refractivity contribution in [3.05, 3.63) is 47.8 Å². The number of rotatable bonds is 7. The third-order valence-corrected chi connectivity index (χ3v) is 5.10. The number of allylic oxidation sites excluding steroid dienone is 3. The third-order valence-electron chi connectivity index (χ3n) is 4.72. The van der Waals surface area contributed by atoms with Crippen LogP contribution in [0.4, 0.5) is 0 Å². The Labute approximate surface area is 168 Å². The predicted molar refractivity (Wildman–Crippen MR) is 101 cm³/mol. The van der Waals surface area contributed by atoms with Gasteiger partial charge in [0, 0.05) is 0 Å². The first-order chi connectivity index (χ1) is 13.1. The van der Waals surface area contributed by atoms with Crippen molar-refractivity contribution in [1.82, 2.24) is 0 Å². The second kappa shape index (κ2) is 10.00. The van der Waals surface area contributed by atoms with Crippen LogP contribution in [0.15, 0.2) is 47.8 Å². The molecule has 5 N–H and O–H groups in total. The maximum Gasteiger partial charge on any atom is 0.229 e. The Morgan fingerprint density at radius 1 is 1.21 bits per heavy atom. The molecule has 0 aromatic rings. The van der Waals surface area contributed by atoms with E-state index in [1.807, 2.05) is 0 Å². The maximum absolute atomic E-state index is 10.2. The first-order valence-corrected chi connectivity index (χ1v) is 9.27. The Morgan fingerprint density at radius 3 is 2.54 bits per heavy atom. The van der Waals surface area contributed by atoms with Crippen molar-refractivity contribution in [2.75, 3.05) is 6.61 Å². The SMILES string of the molecule is C=CC(O)C(Cl)OCC1OC(OC2=CC(C)=C(C)C(O)C=C2)C(O)C(O)C1O. The fourth-order valence-corrected chi connectivity index (χ4v) is 2.87. The molecule has 0 aromatic heterocycles. The van der Waals surface area contributed by atoms with Gasteiger partial charge in [0.15, 0.2) is 5.56 Å². The average Bonchev–Trinajstić information content (AvgIpc) is 2.80. The van der Waals surface area contributed by atoms with Gasteiger partial charge in [-0.15, -0.1) is 6.58 Å². The number of hydrogen-bond donors (Lipinski definition) is 5. The van der Waals surface area contributed by atoms with Gasteiger partial charge in [-0.1, -0.05) is 17.7 Å². The molecule has 0 spiro atoms. The highest BCUT2D eigenvalue weighted by Gasteiger charge is 2.45. The molecule has 28 heavy (non-hydrogen) atoms. The highest BCUT2D eigenvalue weighted by molar-refractivity contribution is 6.20. The van der Waals surface area contributed by atoms with Crippen LogP contribution < -0.4 is 0 Å². The third kappa shape index (κ3) is 5.43. The fraction of sp³-hybridized carbons (Fsp3) is 0.579. The highest BCUT2D eigenvalue weighted by Crippen LogP contribution is 2.27. The smallest absolute Gasteiger partial charge is 0.229 e. The number of ether oxygens (including phenoxy) is 3. The van der Waals surface area contributed by atoms with E-state index in [2.05, 4.69) is 6.58 Å². The van der Waals surface area contributed by atoms with Gasteiger partial charge in [-0.3, -0.25) is 0 Å². The zero-order valence-corrected chi connectivity index (χ0v) is 16.4. The molecule has 1 heterocycles. The van der Waals surface area contributed by atoms with E-state index >= 15 is 0 Å². The lowest BCUT2D eigenvalue weighted by molar-refractivity contribution is -0.293. The number of hydrogen-bond acceptors (Lipinski definition) is 8. The van der Waals surface area contributed by atoms with Crippen LogP contribution in [0, 0.1) is 0 Å². The van der Waals surface area contributed by atoms with E-state index in [1.54, 1.807) is 19.9 Å². The molecule has 1 fully saturated rings. The molecule has 8 nitrogen and oxygen atoms in total. The predicted octanol–water partition coefficient (Wildman–Crippen LogP) is 0.0900. The lowest BCUT2D eigenvalue weighted by Crippen LogP contribution is -2.59. The number of aliphatic hydroxyl groups is 5. The van der Waals surface area contributed by atoms with Crippen molar-refractivity contribution >= 4 is 11.6 Å². The van der Waals surface area contributed by atoms with E-state index < -0.39 is 48.5 Å². The molecular weight excluding hydrogens is 392 g/mol. The van der Waals surface area contributed by atoms with E-state index in [-0.39, 0.29) is 6.61 Å². The average molecular weight is 419 g/mol. The standard InChI is InChI=1S/C19H27ClO8/c1-4-12(21)18(20)26-8-14-15(23)16(24)17(25)19(28-14)27-11-5-6-13(22)10(3)9(2)7-11/h4-7,12-19,21-25H,1,8H2,2-3H3. The van der Waals surface area contributed by atoms with Crippen LogP contribution in [0.3, 0.4) is 0 Å². The van der Waals surface area contributed by atoms with Crippen molar-refractivity contribution < 1.29 is 39.7 Å². The molecule has 0 amide bonds. The van der Waals surface area contributed by atoms with Crippen LogP contribution in [0.25, 0.3) is 0 Å². The maximum atomic E-state index is 10.2. The summed E-state index contributed by atoms with van der Waals surface area (Å²) in [5, 5.41) is 50.0. The molecule has 2 rings (SSSR count). The molecule has 8 atom stereocenters. The summed E-state index contributed by atoms with van der Waals surface area (Å²) in [6.45, 7) is 6.70.